The summed E-state index contributed by atoms with van der Waals surface area (Å²) in [7, 11) is 0. The molecule has 1 aromatic heterocycles. The third kappa shape index (κ3) is 4.12. The summed E-state index contributed by atoms with van der Waals surface area (Å²) >= 11 is 12.0. The SMILES string of the molecule is Oc1cc(Cl)cc(Cl)c1-c1ccc(CNC2CCOCC2)nn1. The first-order valence-electron chi connectivity index (χ1n) is 7.45. The van der Waals surface area contributed by atoms with Gasteiger partial charge >= 0.3 is 0 Å². The number of rotatable bonds is 4. The zero-order chi connectivity index (χ0) is 16.2. The van der Waals surface area contributed by atoms with Crippen molar-refractivity contribution >= 4 is 23.2 Å². The monoisotopic (exact) mass is 353 g/mol. The molecule has 0 radical (unpaired) electrons. The molecular weight excluding hydrogens is 337 g/mol. The molecule has 7 heteroatoms. The summed E-state index contributed by atoms with van der Waals surface area (Å²) in [5.74, 6) is -0.00937. The fraction of sp³-hybridized carbons (Fsp3) is 0.375. The van der Waals surface area contributed by atoms with Crippen molar-refractivity contribution in [2.24, 2.45) is 0 Å². The van der Waals surface area contributed by atoms with E-state index in [1.807, 2.05) is 6.07 Å². The van der Waals surface area contributed by atoms with Crippen molar-refractivity contribution in [3.63, 3.8) is 0 Å². The summed E-state index contributed by atoms with van der Waals surface area (Å²) in [6, 6.07) is 7.13. The van der Waals surface area contributed by atoms with Gasteiger partial charge in [-0.15, -0.1) is 0 Å². The zero-order valence-electron chi connectivity index (χ0n) is 12.4. The number of phenolic OH excluding ortho intramolecular Hbond substituents is 1. The molecule has 1 aliphatic heterocycles. The van der Waals surface area contributed by atoms with Crippen LogP contribution in [0.2, 0.25) is 10.0 Å². The highest BCUT2D eigenvalue weighted by atomic mass is 35.5. The lowest BCUT2D eigenvalue weighted by molar-refractivity contribution is 0.0775. The lowest BCUT2D eigenvalue weighted by Gasteiger charge is -2.22. The van der Waals surface area contributed by atoms with Crippen molar-refractivity contribution in [3.8, 4) is 17.0 Å². The van der Waals surface area contributed by atoms with Crippen molar-refractivity contribution in [1.82, 2.24) is 15.5 Å². The maximum atomic E-state index is 10.0. The molecule has 2 aromatic rings. The van der Waals surface area contributed by atoms with E-state index in [1.54, 1.807) is 12.1 Å². The highest BCUT2D eigenvalue weighted by Gasteiger charge is 2.15. The second-order valence-corrected chi connectivity index (χ2v) is 6.30. The standard InChI is InChI=1S/C16H17Cl2N3O2/c17-10-7-13(18)16(15(22)8-10)14-2-1-12(20-21-14)9-19-11-3-5-23-6-4-11/h1-2,7-8,11,19,22H,3-6,9H2. The molecule has 122 valence electrons. The van der Waals surface area contributed by atoms with E-state index >= 15 is 0 Å². The molecule has 0 saturated carbocycles. The number of benzene rings is 1. The van der Waals surface area contributed by atoms with Crippen LogP contribution in [0.15, 0.2) is 24.3 Å². The average Bonchev–Trinajstić information content (AvgIpc) is 2.54. The minimum Gasteiger partial charge on any atom is -0.507 e. The normalized spacial score (nSPS) is 15.7. The van der Waals surface area contributed by atoms with Gasteiger partial charge in [-0.05, 0) is 37.1 Å². The third-order valence-electron chi connectivity index (χ3n) is 3.80. The van der Waals surface area contributed by atoms with Crippen LogP contribution in [0.5, 0.6) is 5.75 Å². The number of aromatic nitrogens is 2. The smallest absolute Gasteiger partial charge is 0.128 e. The van der Waals surface area contributed by atoms with E-state index < -0.39 is 0 Å². The largest absolute Gasteiger partial charge is 0.507 e. The van der Waals surface area contributed by atoms with Gasteiger partial charge in [0, 0.05) is 30.8 Å². The number of nitrogens with zero attached hydrogens (tertiary/aromatic N) is 2. The van der Waals surface area contributed by atoms with Crippen molar-refractivity contribution in [3.05, 3.63) is 40.0 Å². The Kier molecular flexibility index (Phi) is 5.33. The quantitative estimate of drug-likeness (QED) is 0.881. The van der Waals surface area contributed by atoms with E-state index in [2.05, 4.69) is 15.5 Å². The van der Waals surface area contributed by atoms with Gasteiger partial charge in [0.25, 0.3) is 0 Å². The Morgan fingerprint density at radius 2 is 1.96 bits per heavy atom. The molecule has 5 nitrogen and oxygen atoms in total. The van der Waals surface area contributed by atoms with Crippen LogP contribution in [-0.2, 0) is 11.3 Å². The third-order valence-corrected chi connectivity index (χ3v) is 4.32. The van der Waals surface area contributed by atoms with Gasteiger partial charge < -0.3 is 15.2 Å². The van der Waals surface area contributed by atoms with Crippen molar-refractivity contribution in [1.29, 1.82) is 0 Å². The van der Waals surface area contributed by atoms with Crippen LogP contribution < -0.4 is 5.32 Å². The van der Waals surface area contributed by atoms with Crippen LogP contribution in [0.1, 0.15) is 18.5 Å². The van der Waals surface area contributed by atoms with Crippen LogP contribution >= 0.6 is 23.2 Å². The fourth-order valence-corrected chi connectivity index (χ4v) is 3.13. The van der Waals surface area contributed by atoms with Crippen LogP contribution in [0, 0.1) is 0 Å². The fourth-order valence-electron chi connectivity index (χ4n) is 2.55. The minimum absolute atomic E-state index is 0.00937. The van der Waals surface area contributed by atoms with E-state index in [0.717, 1.165) is 31.7 Å². The van der Waals surface area contributed by atoms with E-state index in [1.165, 1.54) is 6.07 Å². The summed E-state index contributed by atoms with van der Waals surface area (Å²) in [6.07, 6.45) is 2.03. The van der Waals surface area contributed by atoms with Crippen molar-refractivity contribution in [2.75, 3.05) is 13.2 Å². The van der Waals surface area contributed by atoms with Gasteiger partial charge in [0.05, 0.1) is 22.0 Å². The lowest BCUT2D eigenvalue weighted by atomic mass is 10.1. The van der Waals surface area contributed by atoms with Gasteiger partial charge in [0.1, 0.15) is 5.75 Å². The molecule has 2 heterocycles. The lowest BCUT2D eigenvalue weighted by Crippen LogP contribution is -2.34. The van der Waals surface area contributed by atoms with Gasteiger partial charge in [-0.1, -0.05) is 23.2 Å². The van der Waals surface area contributed by atoms with Gasteiger partial charge in [0.2, 0.25) is 0 Å². The molecule has 3 rings (SSSR count). The Labute approximate surface area is 144 Å². The Balaban J connectivity index is 1.69. The molecule has 1 aliphatic rings. The highest BCUT2D eigenvalue weighted by Crippen LogP contribution is 2.37. The highest BCUT2D eigenvalue weighted by molar-refractivity contribution is 6.36. The number of hydrogen-bond acceptors (Lipinski definition) is 5. The first-order valence-corrected chi connectivity index (χ1v) is 8.21. The Bertz CT molecular complexity index is 651. The molecule has 0 unspecified atom stereocenters. The molecule has 0 bridgehead atoms. The van der Waals surface area contributed by atoms with E-state index in [4.69, 9.17) is 27.9 Å². The van der Waals surface area contributed by atoms with Gasteiger partial charge in [-0.25, -0.2) is 0 Å². The van der Waals surface area contributed by atoms with Crippen molar-refractivity contribution in [2.45, 2.75) is 25.4 Å². The first-order chi connectivity index (χ1) is 11.1. The average molecular weight is 354 g/mol. The number of phenols is 1. The van der Waals surface area contributed by atoms with E-state index in [-0.39, 0.29) is 5.75 Å². The second-order valence-electron chi connectivity index (χ2n) is 5.46. The molecule has 1 fully saturated rings. The minimum atomic E-state index is -0.00937. The van der Waals surface area contributed by atoms with E-state index in [9.17, 15) is 5.11 Å². The molecule has 0 spiro atoms. The Morgan fingerprint density at radius 3 is 2.61 bits per heavy atom. The summed E-state index contributed by atoms with van der Waals surface area (Å²) in [5, 5.41) is 22.5. The van der Waals surface area contributed by atoms with Crippen LogP contribution in [0.25, 0.3) is 11.3 Å². The summed E-state index contributed by atoms with van der Waals surface area (Å²) in [6.45, 7) is 2.26. The molecular formula is C16H17Cl2N3O2. The van der Waals surface area contributed by atoms with Crippen molar-refractivity contribution < 1.29 is 9.84 Å². The first kappa shape index (κ1) is 16.5. The molecule has 1 aromatic carbocycles. The van der Waals surface area contributed by atoms with Crippen LogP contribution in [0.4, 0.5) is 0 Å². The maximum Gasteiger partial charge on any atom is 0.128 e. The number of hydrogen-bond donors (Lipinski definition) is 2. The second kappa shape index (κ2) is 7.45. The molecule has 0 aliphatic carbocycles. The van der Waals surface area contributed by atoms with Gasteiger partial charge in [-0.2, -0.15) is 10.2 Å². The van der Waals surface area contributed by atoms with E-state index in [0.29, 0.717) is 33.9 Å². The number of halogens is 2. The van der Waals surface area contributed by atoms with Gasteiger partial charge in [0.15, 0.2) is 0 Å². The predicted octanol–water partition coefficient (Wildman–Crippen LogP) is 3.42. The summed E-state index contributed by atoms with van der Waals surface area (Å²) < 4.78 is 5.33. The van der Waals surface area contributed by atoms with Crippen LogP contribution in [0.3, 0.4) is 0 Å². The molecule has 0 atom stereocenters. The maximum absolute atomic E-state index is 10.0. The summed E-state index contributed by atoms with van der Waals surface area (Å²) in [4.78, 5) is 0. The number of aromatic hydroxyl groups is 1. The molecule has 23 heavy (non-hydrogen) atoms. The Morgan fingerprint density at radius 1 is 1.17 bits per heavy atom. The Hall–Kier alpha value is -1.40. The molecule has 2 N–H and O–H groups in total. The summed E-state index contributed by atoms with van der Waals surface area (Å²) in [5.41, 5.74) is 1.79. The predicted molar refractivity (Wildman–Crippen MR) is 89.8 cm³/mol. The topological polar surface area (TPSA) is 67.3 Å². The number of nitrogens with one attached hydrogen (secondary N) is 1. The van der Waals surface area contributed by atoms with Crippen LogP contribution in [-0.4, -0.2) is 34.6 Å². The molecule has 0 amide bonds. The van der Waals surface area contributed by atoms with Gasteiger partial charge in [-0.3, -0.25) is 0 Å². The molecule has 1 saturated heterocycles. The zero-order valence-corrected chi connectivity index (χ0v) is 13.9. The number of ether oxygens (including phenoxy) is 1.